The molecule has 4 heteroatoms. The highest BCUT2D eigenvalue weighted by atomic mass is 28.4. The molecule has 0 aromatic heterocycles. The number of rotatable bonds is 5. The molecule has 0 radical (unpaired) electrons. The molecule has 94 valence electrons. The van der Waals surface area contributed by atoms with E-state index in [2.05, 4.69) is 33.9 Å². The Labute approximate surface area is 99.6 Å². The molecule has 0 rings (SSSR count). The normalized spacial score (nSPS) is 15.4. The minimum atomic E-state index is -1.80. The van der Waals surface area contributed by atoms with E-state index in [4.69, 9.17) is 4.43 Å². The number of aliphatic hydroxyl groups excluding tert-OH is 1. The van der Waals surface area contributed by atoms with Crippen LogP contribution >= 0.6 is 0 Å². The number of carbonyl (C=O) groups is 1. The highest BCUT2D eigenvalue weighted by molar-refractivity contribution is 6.74. The van der Waals surface area contributed by atoms with Gasteiger partial charge in [0, 0.05) is 0 Å². The highest BCUT2D eigenvalue weighted by Crippen LogP contribution is 2.36. The number of allylic oxidation sites excluding steroid dienone is 1. The molecule has 0 heterocycles. The Morgan fingerprint density at radius 1 is 1.44 bits per heavy atom. The van der Waals surface area contributed by atoms with Crippen LogP contribution in [0.2, 0.25) is 18.1 Å². The SMILES string of the molecule is CC(=O)/C=C/C(O)CO[Si](C)(C)C(C)(C)C. The molecule has 0 saturated heterocycles. The van der Waals surface area contributed by atoms with Gasteiger partial charge in [0.2, 0.25) is 0 Å². The van der Waals surface area contributed by atoms with Gasteiger partial charge in [0.15, 0.2) is 14.1 Å². The summed E-state index contributed by atoms with van der Waals surface area (Å²) in [6.07, 6.45) is 2.16. The van der Waals surface area contributed by atoms with Crippen molar-refractivity contribution in [1.29, 1.82) is 0 Å². The number of hydrogen-bond acceptors (Lipinski definition) is 3. The van der Waals surface area contributed by atoms with Gasteiger partial charge < -0.3 is 9.53 Å². The molecule has 0 aliphatic carbocycles. The predicted molar refractivity (Wildman–Crippen MR) is 69.0 cm³/mol. The van der Waals surface area contributed by atoms with Crippen molar-refractivity contribution in [3.05, 3.63) is 12.2 Å². The second-order valence-corrected chi connectivity index (χ2v) is 10.4. The maximum atomic E-state index is 10.7. The molecule has 1 N–H and O–H groups in total. The van der Waals surface area contributed by atoms with Crippen molar-refractivity contribution < 1.29 is 14.3 Å². The minimum absolute atomic E-state index is 0.0635. The molecule has 16 heavy (non-hydrogen) atoms. The van der Waals surface area contributed by atoms with Crippen molar-refractivity contribution in [2.75, 3.05) is 6.61 Å². The van der Waals surface area contributed by atoms with Crippen LogP contribution < -0.4 is 0 Å². The molecule has 0 fully saturated rings. The van der Waals surface area contributed by atoms with E-state index in [-0.39, 0.29) is 17.4 Å². The van der Waals surface area contributed by atoms with Crippen LogP contribution in [0.3, 0.4) is 0 Å². The molecule has 0 bridgehead atoms. The summed E-state index contributed by atoms with van der Waals surface area (Å²) in [7, 11) is -1.80. The quantitative estimate of drug-likeness (QED) is 0.597. The van der Waals surface area contributed by atoms with Crippen LogP contribution in [0.5, 0.6) is 0 Å². The fraction of sp³-hybridized carbons (Fsp3) is 0.750. The summed E-state index contributed by atoms with van der Waals surface area (Å²) >= 11 is 0. The predicted octanol–water partition coefficient (Wildman–Crippen LogP) is 2.51. The van der Waals surface area contributed by atoms with Crippen molar-refractivity contribution in [2.24, 2.45) is 0 Å². The highest BCUT2D eigenvalue weighted by Gasteiger charge is 2.37. The third kappa shape index (κ3) is 5.58. The number of hydrogen-bond donors (Lipinski definition) is 1. The molecule has 0 aromatic carbocycles. The van der Waals surface area contributed by atoms with Crippen molar-refractivity contribution in [3.63, 3.8) is 0 Å². The Kier molecular flexibility index (Phi) is 5.59. The molecule has 0 aromatic rings. The zero-order valence-corrected chi connectivity index (χ0v) is 12.2. The number of carbonyl (C=O) groups excluding carboxylic acids is 1. The van der Waals surface area contributed by atoms with E-state index in [0.717, 1.165) is 0 Å². The van der Waals surface area contributed by atoms with Gasteiger partial charge in [0.1, 0.15) is 0 Å². The summed E-state index contributed by atoms with van der Waals surface area (Å²) in [6.45, 7) is 12.4. The molecule has 1 atom stereocenters. The van der Waals surface area contributed by atoms with Crippen molar-refractivity contribution >= 4 is 14.1 Å². The van der Waals surface area contributed by atoms with Gasteiger partial charge in [-0.1, -0.05) is 26.8 Å². The zero-order chi connectivity index (χ0) is 13.0. The molecule has 0 amide bonds. The molecule has 0 aliphatic heterocycles. The third-order valence-corrected chi connectivity index (χ3v) is 7.47. The van der Waals surface area contributed by atoms with Gasteiger partial charge in [0.05, 0.1) is 12.7 Å². The maximum absolute atomic E-state index is 10.7. The van der Waals surface area contributed by atoms with Gasteiger partial charge in [-0.25, -0.2) is 0 Å². The first-order valence-electron chi connectivity index (χ1n) is 5.57. The average Bonchev–Trinajstić information content (AvgIpc) is 2.09. The van der Waals surface area contributed by atoms with Crippen molar-refractivity contribution in [1.82, 2.24) is 0 Å². The van der Waals surface area contributed by atoms with Gasteiger partial charge in [-0.3, -0.25) is 4.79 Å². The summed E-state index contributed by atoms with van der Waals surface area (Å²) in [5.74, 6) is -0.0635. The first-order valence-corrected chi connectivity index (χ1v) is 8.48. The smallest absolute Gasteiger partial charge is 0.192 e. The summed E-state index contributed by atoms with van der Waals surface area (Å²) < 4.78 is 5.81. The van der Waals surface area contributed by atoms with E-state index in [1.807, 2.05) is 0 Å². The Hall–Kier alpha value is -0.453. The van der Waals surface area contributed by atoms with Crippen molar-refractivity contribution in [2.45, 2.75) is 51.9 Å². The molecular weight excluding hydrogens is 220 g/mol. The number of ketones is 1. The Morgan fingerprint density at radius 3 is 2.31 bits per heavy atom. The van der Waals surface area contributed by atoms with Crippen LogP contribution in [0, 0.1) is 0 Å². The van der Waals surface area contributed by atoms with Gasteiger partial charge in [-0.2, -0.15) is 0 Å². The van der Waals surface area contributed by atoms with E-state index in [1.54, 1.807) is 0 Å². The van der Waals surface area contributed by atoms with E-state index in [0.29, 0.717) is 0 Å². The van der Waals surface area contributed by atoms with E-state index in [1.165, 1.54) is 19.1 Å². The van der Waals surface area contributed by atoms with E-state index in [9.17, 15) is 9.90 Å². The molecule has 0 spiro atoms. The van der Waals surface area contributed by atoms with Gasteiger partial charge in [0.25, 0.3) is 0 Å². The first kappa shape index (κ1) is 15.5. The first-order chi connectivity index (χ1) is 7.06. The van der Waals surface area contributed by atoms with Gasteiger partial charge in [-0.15, -0.1) is 0 Å². The monoisotopic (exact) mass is 244 g/mol. The summed E-state index contributed by atoms with van der Waals surface area (Å²) in [4.78, 5) is 10.7. The third-order valence-electron chi connectivity index (χ3n) is 2.97. The number of aliphatic hydroxyl groups is 1. The maximum Gasteiger partial charge on any atom is 0.192 e. The average molecular weight is 244 g/mol. The fourth-order valence-electron chi connectivity index (χ4n) is 0.812. The zero-order valence-electron chi connectivity index (χ0n) is 11.2. The lowest BCUT2D eigenvalue weighted by Gasteiger charge is -2.36. The lowest BCUT2D eigenvalue weighted by molar-refractivity contribution is -0.112. The Morgan fingerprint density at radius 2 is 1.94 bits per heavy atom. The van der Waals surface area contributed by atoms with Crippen LogP contribution in [0.15, 0.2) is 12.2 Å². The largest absolute Gasteiger partial charge is 0.414 e. The van der Waals surface area contributed by atoms with Crippen LogP contribution in [-0.2, 0) is 9.22 Å². The lowest BCUT2D eigenvalue weighted by atomic mass is 10.2. The summed E-state index contributed by atoms with van der Waals surface area (Å²) in [5.41, 5.74) is 0. The molecule has 0 saturated carbocycles. The fourth-order valence-corrected chi connectivity index (χ4v) is 1.83. The second-order valence-electron chi connectivity index (χ2n) is 5.61. The molecule has 1 unspecified atom stereocenters. The van der Waals surface area contributed by atoms with Gasteiger partial charge >= 0.3 is 0 Å². The Balaban J connectivity index is 4.20. The topological polar surface area (TPSA) is 46.5 Å². The van der Waals surface area contributed by atoms with Crippen LogP contribution in [-0.4, -0.2) is 31.9 Å². The molecular formula is C12H24O3Si. The molecule has 0 aliphatic rings. The summed E-state index contributed by atoms with van der Waals surface area (Å²) in [5, 5.41) is 9.72. The van der Waals surface area contributed by atoms with E-state index < -0.39 is 14.4 Å². The van der Waals surface area contributed by atoms with Crippen molar-refractivity contribution in [3.8, 4) is 0 Å². The van der Waals surface area contributed by atoms with Crippen LogP contribution in [0.4, 0.5) is 0 Å². The summed E-state index contributed by atoms with van der Waals surface area (Å²) in [6, 6.07) is 0. The Bertz CT molecular complexity index is 264. The minimum Gasteiger partial charge on any atom is -0.414 e. The van der Waals surface area contributed by atoms with Crippen LogP contribution in [0.25, 0.3) is 0 Å². The lowest BCUT2D eigenvalue weighted by Crippen LogP contribution is -2.42. The second kappa shape index (κ2) is 5.75. The van der Waals surface area contributed by atoms with E-state index >= 15 is 0 Å². The van der Waals surface area contributed by atoms with Crippen LogP contribution in [0.1, 0.15) is 27.7 Å². The standard InChI is InChI=1S/C12H24O3Si/c1-10(13)7-8-11(14)9-15-16(5,6)12(2,3)4/h7-8,11,14H,9H2,1-6H3/b8-7+. The van der Waals surface area contributed by atoms with Gasteiger partial charge in [-0.05, 0) is 31.1 Å². The molecule has 3 nitrogen and oxygen atoms in total.